The van der Waals surface area contributed by atoms with Gasteiger partial charge < -0.3 is 4.90 Å². The second kappa shape index (κ2) is 5.68. The summed E-state index contributed by atoms with van der Waals surface area (Å²) < 4.78 is 0.633. The summed E-state index contributed by atoms with van der Waals surface area (Å²) in [7, 11) is 0. The molecule has 0 aliphatic carbocycles. The molecule has 1 aliphatic rings. The first-order valence-electron chi connectivity index (χ1n) is 6.17. The maximum atomic E-state index is 8.88. The van der Waals surface area contributed by atoms with Crippen molar-refractivity contribution in [3.05, 3.63) is 22.3 Å². The van der Waals surface area contributed by atoms with Crippen molar-refractivity contribution in [1.29, 1.82) is 5.26 Å². The van der Waals surface area contributed by atoms with Gasteiger partial charge in [-0.15, -0.1) is 0 Å². The summed E-state index contributed by atoms with van der Waals surface area (Å²) >= 11 is 3.34. The Hall–Kier alpha value is -1.12. The maximum Gasteiger partial charge on any atom is 0.130 e. The number of anilines is 1. The quantitative estimate of drug-likeness (QED) is 0.786. The van der Waals surface area contributed by atoms with Crippen LogP contribution in [0, 0.1) is 11.3 Å². The third kappa shape index (κ3) is 2.82. The number of halogens is 1. The predicted octanol–water partition coefficient (Wildman–Crippen LogP) is 2.25. The molecule has 1 aromatic heterocycles. The van der Waals surface area contributed by atoms with Crippen LogP contribution in [0.25, 0.3) is 0 Å². The van der Waals surface area contributed by atoms with Gasteiger partial charge in [-0.2, -0.15) is 5.26 Å². The van der Waals surface area contributed by atoms with Gasteiger partial charge in [-0.3, -0.25) is 4.90 Å². The molecule has 2 rings (SSSR count). The van der Waals surface area contributed by atoms with Crippen molar-refractivity contribution in [2.24, 2.45) is 0 Å². The van der Waals surface area contributed by atoms with Gasteiger partial charge in [0, 0.05) is 32.2 Å². The summed E-state index contributed by atoms with van der Waals surface area (Å²) in [6.07, 6.45) is 0. The average Bonchev–Trinajstić information content (AvgIpc) is 2.38. The Morgan fingerprint density at radius 1 is 1.28 bits per heavy atom. The molecule has 0 N–H and O–H groups in total. The van der Waals surface area contributed by atoms with Crippen molar-refractivity contribution >= 4 is 21.7 Å². The first-order chi connectivity index (χ1) is 8.61. The number of nitriles is 1. The fraction of sp³-hybridized carbons (Fsp3) is 0.538. The molecule has 4 nitrogen and oxygen atoms in total. The average molecular weight is 309 g/mol. The zero-order chi connectivity index (χ0) is 13.1. The van der Waals surface area contributed by atoms with Crippen LogP contribution in [0.1, 0.15) is 19.4 Å². The molecule has 5 heteroatoms. The van der Waals surface area contributed by atoms with E-state index >= 15 is 0 Å². The minimum absolute atomic E-state index is 0.583. The van der Waals surface area contributed by atoms with Crippen LogP contribution < -0.4 is 4.90 Å². The summed E-state index contributed by atoms with van der Waals surface area (Å²) in [5.41, 5.74) is 0.583. The predicted molar refractivity (Wildman–Crippen MR) is 75.6 cm³/mol. The van der Waals surface area contributed by atoms with Crippen molar-refractivity contribution in [2.75, 3.05) is 31.1 Å². The first-order valence-corrected chi connectivity index (χ1v) is 6.96. The molecule has 0 aromatic carbocycles. The largest absolute Gasteiger partial charge is 0.354 e. The maximum absolute atomic E-state index is 8.88. The number of nitrogens with zero attached hydrogens (tertiary/aromatic N) is 4. The third-order valence-corrected chi connectivity index (χ3v) is 3.93. The fourth-order valence-electron chi connectivity index (χ4n) is 2.15. The van der Waals surface area contributed by atoms with Gasteiger partial charge in [-0.25, -0.2) is 4.98 Å². The second-order valence-electron chi connectivity index (χ2n) is 4.74. The second-order valence-corrected chi connectivity index (χ2v) is 5.49. The zero-order valence-corrected chi connectivity index (χ0v) is 12.3. The summed E-state index contributed by atoms with van der Waals surface area (Å²) in [4.78, 5) is 9.18. The number of hydrogen-bond acceptors (Lipinski definition) is 4. The molecular formula is C13H17BrN4. The van der Waals surface area contributed by atoms with Crippen LogP contribution in [-0.4, -0.2) is 42.1 Å². The van der Waals surface area contributed by atoms with Gasteiger partial charge in [0.1, 0.15) is 16.5 Å². The highest BCUT2D eigenvalue weighted by atomic mass is 79.9. The van der Waals surface area contributed by atoms with Gasteiger partial charge in [-0.1, -0.05) is 0 Å². The molecule has 0 unspecified atom stereocenters. The molecule has 0 atom stereocenters. The minimum atomic E-state index is 0.583. The molecule has 1 aliphatic heterocycles. The lowest BCUT2D eigenvalue weighted by atomic mass is 10.2. The number of piperazine rings is 1. The topological polar surface area (TPSA) is 43.2 Å². The van der Waals surface area contributed by atoms with E-state index in [1.165, 1.54) is 0 Å². The number of pyridine rings is 1. The fourth-order valence-corrected chi connectivity index (χ4v) is 2.55. The van der Waals surface area contributed by atoms with E-state index in [-0.39, 0.29) is 0 Å². The Kier molecular flexibility index (Phi) is 4.20. The van der Waals surface area contributed by atoms with Crippen LogP contribution in [0.3, 0.4) is 0 Å². The van der Waals surface area contributed by atoms with E-state index in [0.29, 0.717) is 16.2 Å². The third-order valence-electron chi connectivity index (χ3n) is 3.32. The number of rotatable bonds is 2. The van der Waals surface area contributed by atoms with Gasteiger partial charge in [0.25, 0.3) is 0 Å². The molecule has 0 radical (unpaired) electrons. The lowest BCUT2D eigenvalue weighted by Crippen LogP contribution is -2.49. The monoisotopic (exact) mass is 308 g/mol. The van der Waals surface area contributed by atoms with Crippen LogP contribution >= 0.6 is 15.9 Å². The van der Waals surface area contributed by atoms with Crippen molar-refractivity contribution < 1.29 is 0 Å². The molecule has 96 valence electrons. The van der Waals surface area contributed by atoms with Crippen LogP contribution in [0.5, 0.6) is 0 Å². The summed E-state index contributed by atoms with van der Waals surface area (Å²) in [5.74, 6) is 0.948. The Labute approximate surface area is 116 Å². The van der Waals surface area contributed by atoms with Crippen LogP contribution in [-0.2, 0) is 0 Å². The molecule has 0 spiro atoms. The molecule has 0 amide bonds. The summed E-state index contributed by atoms with van der Waals surface area (Å²) in [6, 6.07) is 6.46. The smallest absolute Gasteiger partial charge is 0.130 e. The SMILES string of the molecule is CC(C)N1CCN(c2ccc(C#N)c(Br)n2)CC1. The van der Waals surface area contributed by atoms with Crippen molar-refractivity contribution in [2.45, 2.75) is 19.9 Å². The highest BCUT2D eigenvalue weighted by molar-refractivity contribution is 9.10. The van der Waals surface area contributed by atoms with E-state index in [1.54, 1.807) is 0 Å². The first kappa shape index (κ1) is 13.3. The summed E-state index contributed by atoms with van der Waals surface area (Å²) in [5, 5.41) is 8.88. The van der Waals surface area contributed by atoms with Gasteiger partial charge >= 0.3 is 0 Å². The Morgan fingerprint density at radius 3 is 2.44 bits per heavy atom. The molecule has 2 heterocycles. The molecule has 0 bridgehead atoms. The van der Waals surface area contributed by atoms with Crippen LogP contribution in [0.4, 0.5) is 5.82 Å². The summed E-state index contributed by atoms with van der Waals surface area (Å²) in [6.45, 7) is 8.57. The van der Waals surface area contributed by atoms with E-state index in [2.05, 4.69) is 50.6 Å². The van der Waals surface area contributed by atoms with Crippen LogP contribution in [0.15, 0.2) is 16.7 Å². The van der Waals surface area contributed by atoms with E-state index in [0.717, 1.165) is 32.0 Å². The molecule has 1 fully saturated rings. The minimum Gasteiger partial charge on any atom is -0.354 e. The lowest BCUT2D eigenvalue weighted by Gasteiger charge is -2.37. The molecule has 0 saturated carbocycles. The molecular weight excluding hydrogens is 292 g/mol. The van der Waals surface area contributed by atoms with Gasteiger partial charge in [0.05, 0.1) is 5.56 Å². The van der Waals surface area contributed by atoms with Crippen molar-refractivity contribution in [3.8, 4) is 6.07 Å². The normalized spacial score (nSPS) is 16.9. The molecule has 1 saturated heterocycles. The number of aromatic nitrogens is 1. The highest BCUT2D eigenvalue weighted by Crippen LogP contribution is 2.20. The highest BCUT2D eigenvalue weighted by Gasteiger charge is 2.20. The zero-order valence-electron chi connectivity index (χ0n) is 10.7. The van der Waals surface area contributed by atoms with E-state index in [4.69, 9.17) is 5.26 Å². The van der Waals surface area contributed by atoms with Gasteiger partial charge in [0.2, 0.25) is 0 Å². The standard InChI is InChI=1S/C13H17BrN4/c1-10(2)17-5-7-18(8-6-17)12-4-3-11(9-15)13(14)16-12/h3-4,10H,5-8H2,1-2H3. The Balaban J connectivity index is 2.06. The van der Waals surface area contributed by atoms with E-state index in [1.807, 2.05) is 12.1 Å². The van der Waals surface area contributed by atoms with Gasteiger partial charge in [0.15, 0.2) is 0 Å². The van der Waals surface area contributed by atoms with E-state index in [9.17, 15) is 0 Å². The molecule has 18 heavy (non-hydrogen) atoms. The number of hydrogen-bond donors (Lipinski definition) is 0. The van der Waals surface area contributed by atoms with E-state index < -0.39 is 0 Å². The van der Waals surface area contributed by atoms with Crippen LogP contribution in [0.2, 0.25) is 0 Å². The van der Waals surface area contributed by atoms with Gasteiger partial charge in [-0.05, 0) is 41.9 Å². The van der Waals surface area contributed by atoms with Crippen molar-refractivity contribution in [3.63, 3.8) is 0 Å². The lowest BCUT2D eigenvalue weighted by molar-refractivity contribution is 0.209. The molecule has 1 aromatic rings. The Morgan fingerprint density at radius 2 is 1.94 bits per heavy atom. The van der Waals surface area contributed by atoms with Crippen molar-refractivity contribution in [1.82, 2.24) is 9.88 Å². The Bertz CT molecular complexity index is 459.